The minimum absolute atomic E-state index is 0.132. The first kappa shape index (κ1) is 18.1. The van der Waals surface area contributed by atoms with Gasteiger partial charge in [0.05, 0.1) is 5.52 Å². The van der Waals surface area contributed by atoms with Gasteiger partial charge in [-0.25, -0.2) is 0 Å². The number of benzene rings is 2. The fraction of sp³-hybridized carbons (Fsp3) is 0.333. The Morgan fingerprint density at radius 3 is 2.50 bits per heavy atom. The average molecular weight is 350 g/mol. The molecule has 0 radical (unpaired) electrons. The molecule has 26 heavy (non-hydrogen) atoms. The third-order valence-corrected chi connectivity index (χ3v) is 4.83. The number of fused-ring (bicyclic) bond motifs is 1. The Balaban J connectivity index is 1.71. The molecule has 0 aliphatic heterocycles. The van der Waals surface area contributed by atoms with Gasteiger partial charge in [-0.3, -0.25) is 14.8 Å². The number of amides is 1. The number of nitrogens with zero attached hydrogens (tertiary/aromatic N) is 2. The monoisotopic (exact) mass is 350 g/mol. The number of aromatic amines is 1. The van der Waals surface area contributed by atoms with Crippen molar-refractivity contribution < 1.29 is 4.79 Å². The molecule has 136 valence electrons. The highest BCUT2D eigenvalue weighted by atomic mass is 16.1. The second-order valence-corrected chi connectivity index (χ2v) is 6.39. The van der Waals surface area contributed by atoms with Gasteiger partial charge in [-0.2, -0.15) is 5.10 Å². The molecule has 0 aliphatic rings. The maximum absolute atomic E-state index is 12.7. The summed E-state index contributed by atoms with van der Waals surface area (Å²) in [6, 6.07) is 18.4. The van der Waals surface area contributed by atoms with Gasteiger partial charge in [0, 0.05) is 18.0 Å². The van der Waals surface area contributed by atoms with Crippen LogP contribution in [0.2, 0.25) is 0 Å². The molecule has 1 atom stereocenters. The van der Waals surface area contributed by atoms with E-state index in [4.69, 9.17) is 0 Å². The molecule has 0 bridgehead atoms. The number of carbonyl (C=O) groups is 1. The predicted octanol–water partition coefficient (Wildman–Crippen LogP) is 3.25. The van der Waals surface area contributed by atoms with E-state index in [2.05, 4.69) is 58.5 Å². The van der Waals surface area contributed by atoms with Crippen LogP contribution in [0, 0.1) is 0 Å². The number of hydrogen-bond donors (Lipinski definition) is 2. The smallest absolute Gasteiger partial charge is 0.272 e. The van der Waals surface area contributed by atoms with E-state index in [1.54, 1.807) is 0 Å². The summed E-state index contributed by atoms with van der Waals surface area (Å²) in [5, 5.41) is 11.0. The van der Waals surface area contributed by atoms with E-state index in [1.807, 2.05) is 30.3 Å². The van der Waals surface area contributed by atoms with Crippen molar-refractivity contribution in [1.82, 2.24) is 20.4 Å². The van der Waals surface area contributed by atoms with E-state index in [0.29, 0.717) is 12.2 Å². The van der Waals surface area contributed by atoms with E-state index < -0.39 is 0 Å². The van der Waals surface area contributed by atoms with Gasteiger partial charge in [-0.05, 0) is 31.1 Å². The minimum Gasteiger partial charge on any atom is -0.349 e. The van der Waals surface area contributed by atoms with Crippen molar-refractivity contribution in [2.75, 3.05) is 19.6 Å². The van der Waals surface area contributed by atoms with Gasteiger partial charge in [0.25, 0.3) is 5.91 Å². The summed E-state index contributed by atoms with van der Waals surface area (Å²) in [5.41, 5.74) is 2.62. The van der Waals surface area contributed by atoms with Crippen molar-refractivity contribution >= 4 is 16.8 Å². The van der Waals surface area contributed by atoms with Crippen molar-refractivity contribution in [1.29, 1.82) is 0 Å². The van der Waals surface area contributed by atoms with Crippen molar-refractivity contribution in [2.24, 2.45) is 0 Å². The molecular formula is C21H26N4O. The number of hydrogen-bond acceptors (Lipinski definition) is 3. The highest BCUT2D eigenvalue weighted by Gasteiger charge is 2.19. The van der Waals surface area contributed by atoms with Crippen LogP contribution in [0.25, 0.3) is 10.9 Å². The van der Waals surface area contributed by atoms with Crippen LogP contribution in [0.4, 0.5) is 0 Å². The van der Waals surface area contributed by atoms with Crippen molar-refractivity contribution in [3.63, 3.8) is 0 Å². The minimum atomic E-state index is -0.132. The van der Waals surface area contributed by atoms with Crippen molar-refractivity contribution in [3.8, 4) is 0 Å². The third kappa shape index (κ3) is 4.11. The fourth-order valence-corrected chi connectivity index (χ4v) is 3.39. The van der Waals surface area contributed by atoms with Crippen LogP contribution in [0.3, 0.4) is 0 Å². The van der Waals surface area contributed by atoms with Crippen LogP contribution in [-0.4, -0.2) is 46.7 Å². The molecule has 3 aromatic rings. The van der Waals surface area contributed by atoms with E-state index >= 15 is 0 Å². The highest BCUT2D eigenvalue weighted by Crippen LogP contribution is 2.15. The molecular weight excluding hydrogens is 324 g/mol. The molecule has 0 saturated carbocycles. The van der Waals surface area contributed by atoms with Crippen LogP contribution >= 0.6 is 0 Å². The number of nitrogens with one attached hydrogen (secondary N) is 2. The Hall–Kier alpha value is -2.66. The maximum Gasteiger partial charge on any atom is 0.272 e. The predicted molar refractivity (Wildman–Crippen MR) is 105 cm³/mol. The summed E-state index contributed by atoms with van der Waals surface area (Å²) in [4.78, 5) is 15.0. The summed E-state index contributed by atoms with van der Waals surface area (Å²) < 4.78 is 0. The number of H-pyrrole nitrogens is 1. The topological polar surface area (TPSA) is 61.0 Å². The Morgan fingerprint density at radius 1 is 1.08 bits per heavy atom. The first-order valence-corrected chi connectivity index (χ1v) is 9.22. The summed E-state index contributed by atoms with van der Waals surface area (Å²) in [6.07, 6.45) is 0.907. The highest BCUT2D eigenvalue weighted by molar-refractivity contribution is 6.04. The van der Waals surface area contributed by atoms with Crippen molar-refractivity contribution in [2.45, 2.75) is 26.3 Å². The second kappa shape index (κ2) is 8.63. The summed E-state index contributed by atoms with van der Waals surface area (Å²) >= 11 is 0. The summed E-state index contributed by atoms with van der Waals surface area (Å²) in [5.74, 6) is -0.132. The molecule has 5 nitrogen and oxygen atoms in total. The van der Waals surface area contributed by atoms with Gasteiger partial charge in [0.15, 0.2) is 5.69 Å². The lowest BCUT2D eigenvalue weighted by Gasteiger charge is -2.30. The molecule has 0 saturated heterocycles. The largest absolute Gasteiger partial charge is 0.349 e. The molecule has 0 spiro atoms. The Labute approximate surface area is 154 Å². The summed E-state index contributed by atoms with van der Waals surface area (Å²) in [7, 11) is 0. The SMILES string of the molecule is CCN(CC)[C@@H](CNC(=O)c1n[nH]c2ccccc12)Cc1ccccc1. The number of rotatable bonds is 8. The zero-order valence-electron chi connectivity index (χ0n) is 15.4. The van der Waals surface area contributed by atoms with Crippen LogP contribution in [0.5, 0.6) is 0 Å². The number of para-hydroxylation sites is 1. The van der Waals surface area contributed by atoms with Gasteiger partial charge in [0.1, 0.15) is 0 Å². The molecule has 5 heteroatoms. The normalized spacial score (nSPS) is 12.4. The Morgan fingerprint density at radius 2 is 1.77 bits per heavy atom. The fourth-order valence-electron chi connectivity index (χ4n) is 3.39. The average Bonchev–Trinajstić information content (AvgIpc) is 3.11. The van der Waals surface area contributed by atoms with Crippen molar-refractivity contribution in [3.05, 3.63) is 65.9 Å². The van der Waals surface area contributed by atoms with E-state index in [-0.39, 0.29) is 11.9 Å². The van der Waals surface area contributed by atoms with Gasteiger partial charge >= 0.3 is 0 Å². The van der Waals surface area contributed by atoms with Crippen LogP contribution < -0.4 is 5.32 Å². The first-order valence-electron chi connectivity index (χ1n) is 9.22. The number of aromatic nitrogens is 2. The van der Waals surface area contributed by atoms with E-state index in [9.17, 15) is 4.79 Å². The lowest BCUT2D eigenvalue weighted by molar-refractivity contribution is 0.0931. The van der Waals surface area contributed by atoms with E-state index in [0.717, 1.165) is 30.4 Å². The molecule has 2 N–H and O–H groups in total. The molecule has 1 heterocycles. The van der Waals surface area contributed by atoms with Crippen LogP contribution in [-0.2, 0) is 6.42 Å². The maximum atomic E-state index is 12.7. The number of likely N-dealkylation sites (N-methyl/N-ethyl adjacent to an activating group) is 1. The molecule has 0 aliphatic carbocycles. The lowest BCUT2D eigenvalue weighted by atomic mass is 10.0. The van der Waals surface area contributed by atoms with Gasteiger partial charge in [0.2, 0.25) is 0 Å². The lowest BCUT2D eigenvalue weighted by Crippen LogP contribution is -2.45. The standard InChI is InChI=1S/C21H26N4O/c1-3-25(4-2)17(14-16-10-6-5-7-11-16)15-22-21(26)20-18-12-8-9-13-19(18)23-24-20/h5-13,17H,3-4,14-15H2,1-2H3,(H,22,26)(H,23,24)/t17-/m1/s1. The van der Waals surface area contributed by atoms with E-state index in [1.165, 1.54) is 5.56 Å². The van der Waals surface area contributed by atoms with Gasteiger partial charge in [-0.1, -0.05) is 62.4 Å². The van der Waals surface area contributed by atoms with Crippen LogP contribution in [0.15, 0.2) is 54.6 Å². The quantitative estimate of drug-likeness (QED) is 0.656. The molecule has 1 amide bonds. The zero-order valence-corrected chi connectivity index (χ0v) is 15.4. The first-order chi connectivity index (χ1) is 12.7. The zero-order chi connectivity index (χ0) is 18.4. The van der Waals surface area contributed by atoms with Gasteiger partial charge < -0.3 is 5.32 Å². The molecule has 2 aromatic carbocycles. The Bertz CT molecular complexity index is 839. The molecule has 3 rings (SSSR count). The third-order valence-electron chi connectivity index (χ3n) is 4.83. The Kier molecular flexibility index (Phi) is 6.02. The summed E-state index contributed by atoms with van der Waals surface area (Å²) in [6.45, 7) is 6.82. The molecule has 0 unspecified atom stereocenters. The molecule has 0 fully saturated rings. The van der Waals surface area contributed by atoms with Crippen LogP contribution in [0.1, 0.15) is 29.9 Å². The second-order valence-electron chi connectivity index (χ2n) is 6.39. The molecule has 1 aromatic heterocycles. The van der Waals surface area contributed by atoms with Gasteiger partial charge in [-0.15, -0.1) is 0 Å². The number of carbonyl (C=O) groups excluding carboxylic acids is 1.